The molecular weight excluding hydrogens is 596 g/mol. The highest BCUT2D eigenvalue weighted by molar-refractivity contribution is 7.92. The fourth-order valence-corrected chi connectivity index (χ4v) is 7.16. The smallest absolute Gasteiger partial charge is 0.411 e. The van der Waals surface area contributed by atoms with Crippen LogP contribution >= 0.6 is 0 Å². The molecule has 1 aromatic heterocycles. The van der Waals surface area contributed by atoms with Crippen LogP contribution < -0.4 is 21.5 Å². The van der Waals surface area contributed by atoms with Gasteiger partial charge in [-0.2, -0.15) is 0 Å². The Labute approximate surface area is 260 Å². The maximum absolute atomic E-state index is 12.8. The van der Waals surface area contributed by atoms with E-state index in [1.54, 1.807) is 61.8 Å². The van der Waals surface area contributed by atoms with Gasteiger partial charge in [-0.15, -0.1) is 0 Å². The molecule has 5 rings (SSSR count). The average Bonchev–Trinajstić information content (AvgIpc) is 3.88. The molecule has 1 heterocycles. The summed E-state index contributed by atoms with van der Waals surface area (Å²) in [4.78, 5) is 39.9. The van der Waals surface area contributed by atoms with Crippen LogP contribution in [-0.2, 0) is 25.9 Å². The highest BCUT2D eigenvalue weighted by Gasteiger charge is 2.38. The lowest BCUT2D eigenvalue weighted by Gasteiger charge is -2.19. The monoisotopic (exact) mass is 632 g/mol. The third-order valence-electron chi connectivity index (χ3n) is 7.93. The number of hydrogen-bond acceptors (Lipinski definition) is 8. The third kappa shape index (κ3) is 7.35. The zero-order valence-corrected chi connectivity index (χ0v) is 25.8. The lowest BCUT2D eigenvalue weighted by Crippen LogP contribution is -2.21. The van der Waals surface area contributed by atoms with E-state index in [4.69, 9.17) is 4.74 Å². The fraction of sp³-hybridized carbons (Fsp3) is 0.303. The fourth-order valence-electron chi connectivity index (χ4n) is 5.29. The van der Waals surface area contributed by atoms with Gasteiger partial charge in [0.05, 0.1) is 10.1 Å². The number of rotatable bonds is 13. The van der Waals surface area contributed by atoms with Crippen molar-refractivity contribution in [2.45, 2.75) is 54.8 Å². The number of sulfone groups is 1. The molecule has 0 aliphatic heterocycles. The van der Waals surface area contributed by atoms with E-state index in [9.17, 15) is 27.9 Å². The molecule has 1 aliphatic rings. The quantitative estimate of drug-likeness (QED) is 0.134. The van der Waals surface area contributed by atoms with Gasteiger partial charge >= 0.3 is 12.1 Å². The molecule has 1 amide bonds. The van der Waals surface area contributed by atoms with Gasteiger partial charge < -0.3 is 25.5 Å². The summed E-state index contributed by atoms with van der Waals surface area (Å²) in [6.07, 6.45) is 2.90. The first-order chi connectivity index (χ1) is 21.6. The maximum atomic E-state index is 12.8. The van der Waals surface area contributed by atoms with E-state index in [1.165, 1.54) is 6.07 Å². The van der Waals surface area contributed by atoms with Crippen molar-refractivity contribution in [3.8, 4) is 0 Å². The van der Waals surface area contributed by atoms with E-state index in [0.717, 1.165) is 10.9 Å². The van der Waals surface area contributed by atoms with Crippen LogP contribution in [0.5, 0.6) is 0 Å². The summed E-state index contributed by atoms with van der Waals surface area (Å²) >= 11 is 0. The number of carboxylic acids is 1. The van der Waals surface area contributed by atoms with Gasteiger partial charge in [-0.05, 0) is 84.8 Å². The minimum Gasteiger partial charge on any atom is -0.479 e. The van der Waals surface area contributed by atoms with E-state index in [0.29, 0.717) is 53.7 Å². The number of pyridine rings is 1. The minimum atomic E-state index is -3.39. The van der Waals surface area contributed by atoms with Crippen LogP contribution in [0.3, 0.4) is 0 Å². The number of carbonyl (C=O) groups excluding carboxylic acids is 1. The van der Waals surface area contributed by atoms with Crippen molar-refractivity contribution >= 4 is 44.0 Å². The number of amides is 1. The normalized spacial score (nSPS) is 14.4. The predicted octanol–water partition coefficient (Wildman–Crippen LogP) is 5.16. The number of benzene rings is 3. The number of aliphatic carboxylic acids is 1. The van der Waals surface area contributed by atoms with Crippen molar-refractivity contribution in [1.82, 2.24) is 10.3 Å². The molecular formula is C33H36N4O7S. The molecule has 0 saturated heterocycles. The maximum Gasteiger partial charge on any atom is 0.411 e. The minimum absolute atomic E-state index is 0.0887. The van der Waals surface area contributed by atoms with Crippen LogP contribution in [0.15, 0.2) is 82.6 Å². The Morgan fingerprint density at radius 3 is 2.38 bits per heavy atom. The summed E-state index contributed by atoms with van der Waals surface area (Å²) in [5, 5.41) is 19.5. The molecule has 12 heteroatoms. The molecule has 11 nitrogen and oxygen atoms in total. The molecule has 1 aliphatic carbocycles. The molecule has 1 unspecified atom stereocenters. The highest BCUT2D eigenvalue weighted by Crippen LogP contribution is 2.35. The molecule has 236 valence electrons. The number of fused-ring (bicyclic) bond motifs is 1. The Balaban J connectivity index is 1.22. The van der Waals surface area contributed by atoms with Crippen molar-refractivity contribution in [2.75, 3.05) is 24.3 Å². The molecule has 3 aromatic carbocycles. The van der Waals surface area contributed by atoms with Crippen LogP contribution in [0, 0.1) is 0 Å². The van der Waals surface area contributed by atoms with Gasteiger partial charge in [0, 0.05) is 35.4 Å². The van der Waals surface area contributed by atoms with Crippen LogP contribution in [0.25, 0.3) is 10.8 Å². The van der Waals surface area contributed by atoms with Crippen LogP contribution in [-0.4, -0.2) is 49.5 Å². The van der Waals surface area contributed by atoms with E-state index >= 15 is 0 Å². The number of aromatic nitrogens is 1. The highest BCUT2D eigenvalue weighted by atomic mass is 32.2. The molecule has 1 saturated carbocycles. The van der Waals surface area contributed by atoms with Crippen molar-refractivity contribution < 1.29 is 27.9 Å². The second-order valence-corrected chi connectivity index (χ2v) is 13.3. The first-order valence-electron chi connectivity index (χ1n) is 14.8. The van der Waals surface area contributed by atoms with E-state index in [-0.39, 0.29) is 28.2 Å². The Kier molecular flexibility index (Phi) is 9.54. The van der Waals surface area contributed by atoms with Gasteiger partial charge in [-0.1, -0.05) is 37.3 Å². The Morgan fingerprint density at radius 1 is 1.00 bits per heavy atom. The zero-order chi connectivity index (χ0) is 32.1. The summed E-state index contributed by atoms with van der Waals surface area (Å²) in [5.74, 6) is -1.22. The summed E-state index contributed by atoms with van der Waals surface area (Å²) in [7, 11) is -1.66. The van der Waals surface area contributed by atoms with Crippen molar-refractivity contribution in [2.24, 2.45) is 0 Å². The second kappa shape index (κ2) is 13.5. The van der Waals surface area contributed by atoms with Gasteiger partial charge in [0.15, 0.2) is 15.9 Å². The first kappa shape index (κ1) is 31.7. The lowest BCUT2D eigenvalue weighted by atomic mass is 9.95. The molecule has 2 atom stereocenters. The predicted molar refractivity (Wildman–Crippen MR) is 172 cm³/mol. The number of anilines is 2. The number of ether oxygens (including phenoxy) is 1. The molecule has 4 aromatic rings. The molecule has 1 fully saturated rings. The SMILES string of the molecule is CC[C@@H](COC(=O)Nc1ccc(S(=O)(=O)C2CC2)c(CNC)c1)c1ccc(C(Nc2ccc3cc[nH]c(=O)c3c2)C(=O)O)cc1. The summed E-state index contributed by atoms with van der Waals surface area (Å²) in [6, 6.07) is 17.6. The first-order valence-corrected chi connectivity index (χ1v) is 16.3. The lowest BCUT2D eigenvalue weighted by molar-refractivity contribution is -0.138. The molecule has 5 N–H and O–H groups in total. The number of nitrogens with one attached hydrogen (secondary N) is 4. The molecule has 0 spiro atoms. The van der Waals surface area contributed by atoms with Gasteiger partial charge in [0.25, 0.3) is 5.56 Å². The van der Waals surface area contributed by atoms with Gasteiger partial charge in [-0.25, -0.2) is 18.0 Å². The van der Waals surface area contributed by atoms with Gasteiger partial charge in [0.1, 0.15) is 6.61 Å². The van der Waals surface area contributed by atoms with Crippen molar-refractivity contribution in [1.29, 1.82) is 0 Å². The van der Waals surface area contributed by atoms with E-state index in [1.807, 2.05) is 19.1 Å². The standard InChI is InChI=1S/C33H36N4O7S/c1-3-20(19-44-33(41)37-25-10-13-29(24(16-25)18-34-2)45(42,43)27-11-12-27)21-4-6-23(7-5-21)30(32(39)40)36-26-9-8-22-14-15-35-31(38)28(22)17-26/h4-10,13-17,20,27,30,34,36H,3,11-12,18-19H2,1-2H3,(H,35,38)(H,37,41)(H,39,40)/t20-,30?/m0/s1. The molecule has 0 radical (unpaired) electrons. The Morgan fingerprint density at radius 2 is 1.71 bits per heavy atom. The number of H-pyrrole nitrogens is 1. The Bertz CT molecular complexity index is 1870. The molecule has 0 bridgehead atoms. The van der Waals surface area contributed by atoms with Crippen molar-refractivity contribution in [3.05, 3.63) is 100.0 Å². The summed E-state index contributed by atoms with van der Waals surface area (Å²) in [5.41, 5.74) is 2.65. The number of hydrogen-bond donors (Lipinski definition) is 5. The third-order valence-corrected chi connectivity index (χ3v) is 10.3. The zero-order valence-electron chi connectivity index (χ0n) is 25.0. The Hall–Kier alpha value is -4.68. The van der Waals surface area contributed by atoms with Gasteiger partial charge in [-0.3, -0.25) is 10.1 Å². The van der Waals surface area contributed by atoms with E-state index < -0.39 is 27.9 Å². The van der Waals surface area contributed by atoms with Crippen molar-refractivity contribution in [3.63, 3.8) is 0 Å². The largest absolute Gasteiger partial charge is 0.479 e. The van der Waals surface area contributed by atoms with Crippen LogP contribution in [0.2, 0.25) is 0 Å². The summed E-state index contributed by atoms with van der Waals surface area (Å²) in [6.45, 7) is 2.39. The topological polar surface area (TPSA) is 167 Å². The number of carbonyl (C=O) groups is 2. The van der Waals surface area contributed by atoms with Crippen LogP contribution in [0.4, 0.5) is 16.2 Å². The average molecular weight is 633 g/mol. The van der Waals surface area contributed by atoms with E-state index in [2.05, 4.69) is 20.9 Å². The second-order valence-electron chi connectivity index (χ2n) is 11.1. The number of carboxylic acid groups (broad SMARTS) is 1. The number of aromatic amines is 1. The van der Waals surface area contributed by atoms with Crippen LogP contribution in [0.1, 0.15) is 54.8 Å². The summed E-state index contributed by atoms with van der Waals surface area (Å²) < 4.78 is 31.1. The van der Waals surface area contributed by atoms with Gasteiger partial charge in [0.2, 0.25) is 0 Å². The molecule has 45 heavy (non-hydrogen) atoms.